The van der Waals surface area contributed by atoms with Crippen molar-refractivity contribution >= 4 is 17.3 Å². The van der Waals surface area contributed by atoms with Crippen LogP contribution in [0.5, 0.6) is 0 Å². The second-order valence-corrected chi connectivity index (χ2v) is 8.77. The molecule has 176 valence electrons. The van der Waals surface area contributed by atoms with E-state index in [4.69, 9.17) is 0 Å². The van der Waals surface area contributed by atoms with Crippen LogP contribution in [0.3, 0.4) is 0 Å². The number of amides is 1. The second-order valence-electron chi connectivity index (χ2n) is 8.77. The fraction of sp³-hybridized carbons (Fsp3) is 0.308. The monoisotopic (exact) mass is 466 g/mol. The van der Waals surface area contributed by atoms with Gasteiger partial charge in [0.1, 0.15) is 0 Å². The molecule has 5 nitrogen and oxygen atoms in total. The van der Waals surface area contributed by atoms with Crippen molar-refractivity contribution < 1.29 is 18.0 Å². The molecule has 2 aromatic carbocycles. The summed E-state index contributed by atoms with van der Waals surface area (Å²) in [6, 6.07) is 17.4. The number of anilines is 2. The minimum Gasteiger partial charge on any atom is -0.368 e. The third-order valence-corrected chi connectivity index (χ3v) is 6.69. The molecule has 1 N–H and O–H groups in total. The maximum Gasteiger partial charge on any atom is 0.416 e. The van der Waals surface area contributed by atoms with Crippen LogP contribution in [0.2, 0.25) is 0 Å². The number of hydrogen-bond acceptors (Lipinski definition) is 4. The first-order valence-corrected chi connectivity index (χ1v) is 11.3. The summed E-state index contributed by atoms with van der Waals surface area (Å²) >= 11 is 0. The van der Waals surface area contributed by atoms with Crippen LogP contribution in [-0.4, -0.2) is 36.6 Å². The minimum absolute atomic E-state index is 0.146. The van der Waals surface area contributed by atoms with E-state index in [1.807, 2.05) is 36.4 Å². The van der Waals surface area contributed by atoms with Crippen molar-refractivity contribution in [1.82, 2.24) is 10.3 Å². The van der Waals surface area contributed by atoms with Crippen LogP contribution in [0.4, 0.5) is 24.5 Å². The van der Waals surface area contributed by atoms with Crippen molar-refractivity contribution in [3.8, 4) is 0 Å². The van der Waals surface area contributed by atoms with Gasteiger partial charge in [0.2, 0.25) is 5.91 Å². The van der Waals surface area contributed by atoms with E-state index in [2.05, 4.69) is 20.1 Å². The van der Waals surface area contributed by atoms with Crippen molar-refractivity contribution in [3.63, 3.8) is 0 Å². The summed E-state index contributed by atoms with van der Waals surface area (Å²) in [7, 11) is 0. The maximum atomic E-state index is 13.4. The van der Waals surface area contributed by atoms with Gasteiger partial charge in [0.15, 0.2) is 0 Å². The van der Waals surface area contributed by atoms with Crippen LogP contribution in [0.25, 0.3) is 0 Å². The van der Waals surface area contributed by atoms with Gasteiger partial charge >= 0.3 is 6.18 Å². The fourth-order valence-corrected chi connectivity index (χ4v) is 5.00. The highest BCUT2D eigenvalue weighted by Crippen LogP contribution is 2.40. The number of hydrogen-bond donors (Lipinski definition) is 1. The molecule has 8 heteroatoms. The molecule has 3 heterocycles. The molecule has 0 spiro atoms. The summed E-state index contributed by atoms with van der Waals surface area (Å²) in [6.45, 7) is 2.30. The Morgan fingerprint density at radius 2 is 1.88 bits per heavy atom. The Morgan fingerprint density at radius 3 is 2.62 bits per heavy atom. The van der Waals surface area contributed by atoms with E-state index in [9.17, 15) is 18.0 Å². The summed E-state index contributed by atoms with van der Waals surface area (Å²) in [5.74, 6) is -0.629. The Kier molecular flexibility index (Phi) is 5.89. The molecule has 2 aliphatic rings. The van der Waals surface area contributed by atoms with Crippen molar-refractivity contribution in [2.75, 3.05) is 29.4 Å². The van der Waals surface area contributed by atoms with E-state index in [1.54, 1.807) is 24.5 Å². The number of nitrogens with zero attached hydrogens (tertiary/aromatic N) is 3. The third kappa shape index (κ3) is 4.44. The number of fused-ring (bicyclic) bond motifs is 3. The Balaban J connectivity index is 1.44. The molecular formula is C26H25F3N4O. The molecule has 0 aliphatic carbocycles. The van der Waals surface area contributed by atoms with Crippen LogP contribution >= 0.6 is 0 Å². The molecule has 2 aliphatic heterocycles. The Hall–Kier alpha value is -3.55. The van der Waals surface area contributed by atoms with Gasteiger partial charge in [0.05, 0.1) is 17.5 Å². The number of piperazine rings is 1. The Bertz CT molecular complexity index is 1150. The average molecular weight is 467 g/mol. The molecule has 5 rings (SSSR count). The van der Waals surface area contributed by atoms with Gasteiger partial charge in [-0.3, -0.25) is 9.78 Å². The molecule has 34 heavy (non-hydrogen) atoms. The average Bonchev–Trinajstić information content (AvgIpc) is 2.86. The lowest BCUT2D eigenvalue weighted by molar-refractivity contribution is -0.137. The second kappa shape index (κ2) is 9.00. The van der Waals surface area contributed by atoms with Crippen molar-refractivity contribution in [2.24, 2.45) is 5.92 Å². The van der Waals surface area contributed by atoms with Gasteiger partial charge in [0.25, 0.3) is 0 Å². The number of alkyl halides is 3. The predicted molar refractivity (Wildman–Crippen MR) is 125 cm³/mol. The first kappa shape index (κ1) is 22.3. The maximum absolute atomic E-state index is 13.4. The number of nitrogens with one attached hydrogen (secondary N) is 1. The highest BCUT2D eigenvalue weighted by atomic mass is 19.4. The van der Waals surface area contributed by atoms with Gasteiger partial charge in [-0.25, -0.2) is 0 Å². The van der Waals surface area contributed by atoms with Crippen LogP contribution in [0.15, 0.2) is 73.1 Å². The SMILES string of the molecule is O=C(NCc1cccnc1)C1Cc2cc(C(F)(F)F)ccc2N2CCN(c3ccccc3)CC12. The molecule has 3 aromatic rings. The van der Waals surface area contributed by atoms with E-state index < -0.39 is 17.7 Å². The summed E-state index contributed by atoms with van der Waals surface area (Å²) in [5, 5.41) is 2.99. The van der Waals surface area contributed by atoms with Crippen molar-refractivity contribution in [2.45, 2.75) is 25.2 Å². The molecular weight excluding hydrogens is 441 g/mol. The minimum atomic E-state index is -4.42. The van der Waals surface area contributed by atoms with E-state index in [1.165, 1.54) is 6.07 Å². The topological polar surface area (TPSA) is 48.5 Å². The largest absolute Gasteiger partial charge is 0.416 e. The molecule has 2 atom stereocenters. The Morgan fingerprint density at radius 1 is 1.06 bits per heavy atom. The van der Waals surface area contributed by atoms with E-state index in [-0.39, 0.29) is 18.4 Å². The number of pyridine rings is 1. The van der Waals surface area contributed by atoms with Gasteiger partial charge in [-0.15, -0.1) is 0 Å². The summed E-state index contributed by atoms with van der Waals surface area (Å²) in [4.78, 5) is 21.8. The van der Waals surface area contributed by atoms with Crippen LogP contribution < -0.4 is 15.1 Å². The normalized spacial score (nSPS) is 19.9. The summed E-state index contributed by atoms with van der Waals surface area (Å²) in [6.07, 6.45) is -0.798. The zero-order valence-corrected chi connectivity index (χ0v) is 18.5. The van der Waals surface area contributed by atoms with Gasteiger partial charge in [-0.2, -0.15) is 13.2 Å². The predicted octanol–water partition coefficient (Wildman–Crippen LogP) is 4.28. The van der Waals surface area contributed by atoms with Gasteiger partial charge in [0, 0.05) is 49.9 Å². The molecule has 1 amide bonds. The van der Waals surface area contributed by atoms with Crippen LogP contribution in [-0.2, 0) is 23.9 Å². The molecule has 0 bridgehead atoms. The standard InChI is InChI=1S/C26H25F3N4O/c27-26(28,29)20-8-9-23-19(13-20)14-22(25(34)31-16-18-5-4-10-30-15-18)24-17-32(11-12-33(23)24)21-6-2-1-3-7-21/h1-10,13,15,22,24H,11-12,14,16-17H2,(H,31,34). The van der Waals surface area contributed by atoms with Crippen molar-refractivity contribution in [1.29, 1.82) is 0 Å². The number of para-hydroxylation sites is 1. The number of benzene rings is 2. The lowest BCUT2D eigenvalue weighted by Gasteiger charge is -2.49. The molecule has 0 radical (unpaired) electrons. The molecule has 1 saturated heterocycles. The number of aromatic nitrogens is 1. The smallest absolute Gasteiger partial charge is 0.368 e. The first-order chi connectivity index (χ1) is 16.4. The zero-order chi connectivity index (χ0) is 23.7. The lowest BCUT2D eigenvalue weighted by Crippen LogP contribution is -2.61. The van der Waals surface area contributed by atoms with Gasteiger partial charge in [-0.1, -0.05) is 24.3 Å². The molecule has 0 saturated carbocycles. The number of carbonyl (C=O) groups is 1. The van der Waals surface area contributed by atoms with Gasteiger partial charge < -0.3 is 15.1 Å². The number of halogens is 3. The van der Waals surface area contributed by atoms with E-state index >= 15 is 0 Å². The highest BCUT2D eigenvalue weighted by molar-refractivity contribution is 5.82. The summed E-state index contributed by atoms with van der Waals surface area (Å²) < 4.78 is 40.2. The Labute approximate surface area is 196 Å². The molecule has 1 fully saturated rings. The van der Waals surface area contributed by atoms with Crippen LogP contribution in [0, 0.1) is 5.92 Å². The first-order valence-electron chi connectivity index (χ1n) is 11.3. The summed E-state index contributed by atoms with van der Waals surface area (Å²) in [5.41, 5.74) is 2.64. The number of rotatable bonds is 4. The van der Waals surface area contributed by atoms with Gasteiger partial charge in [-0.05, 0) is 53.9 Å². The van der Waals surface area contributed by atoms with E-state index in [0.717, 1.165) is 29.5 Å². The highest BCUT2D eigenvalue weighted by Gasteiger charge is 2.42. The fourth-order valence-electron chi connectivity index (χ4n) is 5.00. The van der Waals surface area contributed by atoms with Crippen LogP contribution in [0.1, 0.15) is 16.7 Å². The quantitative estimate of drug-likeness (QED) is 0.624. The lowest BCUT2D eigenvalue weighted by atomic mass is 9.82. The number of carbonyl (C=O) groups excluding carboxylic acids is 1. The molecule has 1 aromatic heterocycles. The van der Waals surface area contributed by atoms with Crippen molar-refractivity contribution in [3.05, 3.63) is 89.7 Å². The zero-order valence-electron chi connectivity index (χ0n) is 18.5. The third-order valence-electron chi connectivity index (χ3n) is 6.69. The van der Waals surface area contributed by atoms with E-state index in [0.29, 0.717) is 25.2 Å². The molecule has 2 unspecified atom stereocenters.